The van der Waals surface area contributed by atoms with Gasteiger partial charge in [0.05, 0.1) is 5.16 Å². The lowest BCUT2D eigenvalue weighted by Gasteiger charge is -2.23. The molecule has 2 fully saturated rings. The van der Waals surface area contributed by atoms with E-state index >= 15 is 0 Å². The minimum absolute atomic E-state index is 0.130. The molecule has 2 saturated carbocycles. The van der Waals surface area contributed by atoms with Crippen LogP contribution < -0.4 is 0 Å². The van der Waals surface area contributed by atoms with Gasteiger partial charge in [0, 0.05) is 31.1 Å². The van der Waals surface area contributed by atoms with Crippen LogP contribution in [0.4, 0.5) is 5.82 Å². The lowest BCUT2D eigenvalue weighted by atomic mass is 10.2. The topological polar surface area (TPSA) is 68.3 Å². The summed E-state index contributed by atoms with van der Waals surface area (Å²) in [5, 5.41) is 3.36. The number of thiocarbonyl (C=S) groups is 1. The van der Waals surface area contributed by atoms with Crippen molar-refractivity contribution in [3.63, 3.8) is 0 Å². The van der Waals surface area contributed by atoms with Gasteiger partial charge in [-0.05, 0) is 50.9 Å². The van der Waals surface area contributed by atoms with Crippen LogP contribution in [-0.2, 0) is 13.6 Å². The van der Waals surface area contributed by atoms with Gasteiger partial charge in [-0.1, -0.05) is 0 Å². The smallest absolute Gasteiger partial charge is 0.271 e. The normalized spacial score (nSPS) is 16.7. The summed E-state index contributed by atoms with van der Waals surface area (Å²) in [7, 11) is 1.92. The largest absolute Gasteiger partial charge is 0.331 e. The molecular weight excluding hydrogens is 360 g/mol. The number of aromatic nitrogens is 4. The molecule has 2 aliphatic carbocycles. The fourth-order valence-corrected chi connectivity index (χ4v) is 4.18. The molecule has 0 radical (unpaired) electrons. The van der Waals surface area contributed by atoms with E-state index in [1.54, 1.807) is 0 Å². The minimum atomic E-state index is 0.130. The highest BCUT2D eigenvalue weighted by molar-refractivity contribution is 7.78. The van der Waals surface area contributed by atoms with Crippen LogP contribution in [0.3, 0.4) is 0 Å². The number of carbonyl (C=O) groups is 1. The van der Waals surface area contributed by atoms with E-state index in [-0.39, 0.29) is 5.91 Å². The van der Waals surface area contributed by atoms with Crippen molar-refractivity contribution >= 4 is 40.1 Å². The summed E-state index contributed by atoms with van der Waals surface area (Å²) < 4.78 is 4.00. The standard InChI is InChI=1S/C19H20N6OS/c1-3-24-14(19(26)25(11-4-5-11)12-6-7-12)8-13-15-16(21-9-20-15)17(22-10-27)23(2)18(13)24/h8-9,11-12H,3-7H2,1-2H3. The number of hydrogen-bond acceptors (Lipinski definition) is 5. The number of pyridine rings is 1. The third-order valence-electron chi connectivity index (χ3n) is 5.57. The van der Waals surface area contributed by atoms with Gasteiger partial charge in [-0.2, -0.15) is 4.99 Å². The quantitative estimate of drug-likeness (QED) is 0.503. The number of aryl methyl sites for hydroxylation is 2. The van der Waals surface area contributed by atoms with E-state index in [1.165, 1.54) is 6.33 Å². The first-order chi connectivity index (χ1) is 13.2. The molecule has 27 heavy (non-hydrogen) atoms. The predicted molar refractivity (Wildman–Crippen MR) is 106 cm³/mol. The average molecular weight is 380 g/mol. The van der Waals surface area contributed by atoms with Crippen molar-refractivity contribution in [3.8, 4) is 11.4 Å². The van der Waals surface area contributed by atoms with Crippen LogP contribution in [0, 0.1) is 0 Å². The van der Waals surface area contributed by atoms with Crippen molar-refractivity contribution in [2.75, 3.05) is 0 Å². The highest BCUT2D eigenvalue weighted by atomic mass is 32.1. The van der Waals surface area contributed by atoms with Crippen LogP contribution >= 0.6 is 12.2 Å². The molecule has 0 N–H and O–H groups in total. The van der Waals surface area contributed by atoms with Crippen LogP contribution in [0.1, 0.15) is 43.1 Å². The molecule has 5 rings (SSSR count). The van der Waals surface area contributed by atoms with Crippen molar-refractivity contribution in [2.45, 2.75) is 51.2 Å². The summed E-state index contributed by atoms with van der Waals surface area (Å²) in [5.74, 6) is 0.739. The minimum Gasteiger partial charge on any atom is -0.331 e. The number of amides is 1. The van der Waals surface area contributed by atoms with E-state index in [9.17, 15) is 4.79 Å². The second kappa shape index (κ2) is 5.97. The zero-order valence-electron chi connectivity index (χ0n) is 15.3. The van der Waals surface area contributed by atoms with Crippen LogP contribution in [0.25, 0.3) is 22.4 Å². The number of hydrogen-bond donors (Lipinski definition) is 0. The maximum absolute atomic E-state index is 13.5. The van der Waals surface area contributed by atoms with Crippen molar-refractivity contribution < 1.29 is 4.79 Å². The highest BCUT2D eigenvalue weighted by Crippen LogP contribution is 2.41. The Morgan fingerprint density at radius 3 is 2.56 bits per heavy atom. The molecule has 8 heteroatoms. The van der Waals surface area contributed by atoms with Crippen molar-refractivity contribution in [1.29, 1.82) is 0 Å². The summed E-state index contributed by atoms with van der Waals surface area (Å²) in [6, 6.07) is 2.80. The molecule has 0 aromatic carbocycles. The van der Waals surface area contributed by atoms with Gasteiger partial charge >= 0.3 is 0 Å². The molecule has 3 heterocycles. The molecule has 138 valence electrons. The molecule has 0 unspecified atom stereocenters. The van der Waals surface area contributed by atoms with Gasteiger partial charge in [-0.3, -0.25) is 4.79 Å². The Balaban J connectivity index is 1.76. The van der Waals surface area contributed by atoms with Gasteiger partial charge in [0.2, 0.25) is 0 Å². The summed E-state index contributed by atoms with van der Waals surface area (Å²) in [4.78, 5) is 28.6. The van der Waals surface area contributed by atoms with E-state index in [4.69, 9.17) is 12.2 Å². The van der Waals surface area contributed by atoms with E-state index in [2.05, 4.69) is 36.5 Å². The SMILES string of the molecule is CCn1c(C(=O)N(C2CC2)C2CC2)cc2c3ncnc-3c(N=C=S)n(C)c21. The van der Waals surface area contributed by atoms with Crippen molar-refractivity contribution in [2.24, 2.45) is 12.0 Å². The van der Waals surface area contributed by atoms with Gasteiger partial charge in [0.1, 0.15) is 29.1 Å². The Kier molecular flexibility index (Phi) is 3.67. The predicted octanol–water partition coefficient (Wildman–Crippen LogP) is 3.40. The van der Waals surface area contributed by atoms with E-state index < -0.39 is 0 Å². The molecule has 0 bridgehead atoms. The van der Waals surface area contributed by atoms with Gasteiger partial charge in [-0.25, -0.2) is 9.97 Å². The second-order valence-electron chi connectivity index (χ2n) is 7.34. The van der Waals surface area contributed by atoms with Crippen LogP contribution in [-0.4, -0.2) is 47.2 Å². The third-order valence-corrected chi connectivity index (χ3v) is 5.66. The first kappa shape index (κ1) is 16.6. The zero-order chi connectivity index (χ0) is 18.7. The fourth-order valence-electron chi connectivity index (χ4n) is 4.10. The summed E-state index contributed by atoms with van der Waals surface area (Å²) in [6.07, 6.45) is 6.00. The maximum atomic E-state index is 13.5. The maximum Gasteiger partial charge on any atom is 0.271 e. The monoisotopic (exact) mass is 380 g/mol. The van der Waals surface area contributed by atoms with E-state index in [0.29, 0.717) is 30.1 Å². The summed E-state index contributed by atoms with van der Waals surface area (Å²) in [6.45, 7) is 2.74. The van der Waals surface area contributed by atoms with Gasteiger partial charge in [0.25, 0.3) is 5.91 Å². The summed E-state index contributed by atoms with van der Waals surface area (Å²) >= 11 is 4.82. The van der Waals surface area contributed by atoms with Gasteiger partial charge < -0.3 is 14.0 Å². The summed E-state index contributed by atoms with van der Waals surface area (Å²) in [5.41, 5.74) is 3.05. The van der Waals surface area contributed by atoms with Crippen LogP contribution in [0.5, 0.6) is 0 Å². The van der Waals surface area contributed by atoms with Gasteiger partial charge in [-0.15, -0.1) is 0 Å². The van der Waals surface area contributed by atoms with E-state index in [0.717, 1.165) is 48.1 Å². The Bertz CT molecular complexity index is 1070. The number of nitrogens with zero attached hydrogens (tertiary/aromatic N) is 6. The second-order valence-corrected chi connectivity index (χ2v) is 7.53. The van der Waals surface area contributed by atoms with Crippen molar-refractivity contribution in [1.82, 2.24) is 24.0 Å². The van der Waals surface area contributed by atoms with Crippen LogP contribution in [0.2, 0.25) is 0 Å². The molecule has 0 saturated heterocycles. The lowest BCUT2D eigenvalue weighted by Crippen LogP contribution is -2.36. The molecule has 0 atom stereocenters. The number of isothiocyanates is 1. The van der Waals surface area contributed by atoms with E-state index in [1.807, 2.05) is 17.7 Å². The molecule has 7 nitrogen and oxygen atoms in total. The number of carbonyl (C=O) groups excluding carboxylic acids is 1. The Morgan fingerprint density at radius 1 is 1.30 bits per heavy atom. The number of aliphatic imine (C=N–C) groups is 1. The van der Waals surface area contributed by atoms with Gasteiger partial charge in [0.15, 0.2) is 5.82 Å². The lowest BCUT2D eigenvalue weighted by molar-refractivity contribution is 0.0719. The molecule has 1 aromatic heterocycles. The van der Waals surface area contributed by atoms with Crippen molar-refractivity contribution in [3.05, 3.63) is 18.1 Å². The number of rotatable bonds is 5. The number of fused-ring (bicyclic) bond motifs is 3. The Labute approximate surface area is 162 Å². The Hall–Kier alpha value is -2.57. The molecular formula is C19H20N6OS. The zero-order valence-corrected chi connectivity index (χ0v) is 16.2. The molecule has 1 aromatic rings. The highest BCUT2D eigenvalue weighted by Gasteiger charge is 2.43. The Morgan fingerprint density at radius 2 is 1.96 bits per heavy atom. The fraction of sp³-hybridized carbons (Fsp3) is 0.474. The molecule has 4 aliphatic rings. The third kappa shape index (κ3) is 2.44. The van der Waals surface area contributed by atoms with Crippen LogP contribution in [0.15, 0.2) is 17.4 Å². The first-order valence-electron chi connectivity index (χ1n) is 9.38. The average Bonchev–Trinajstić information content (AvgIpc) is 3.58. The number of imidazole rings is 1. The molecule has 1 amide bonds. The molecule has 0 spiro atoms. The molecule has 2 aliphatic heterocycles. The first-order valence-corrected chi connectivity index (χ1v) is 9.79.